The van der Waals surface area contributed by atoms with Crippen LogP contribution in [0.4, 0.5) is 5.69 Å². The van der Waals surface area contributed by atoms with Crippen LogP contribution in [-0.2, 0) is 14.4 Å². The molecule has 0 saturated carbocycles. The van der Waals surface area contributed by atoms with Gasteiger partial charge in [0.2, 0.25) is 11.8 Å². The molecule has 1 atom stereocenters. The number of anilines is 1. The first-order valence-corrected chi connectivity index (χ1v) is 7.91. The zero-order valence-corrected chi connectivity index (χ0v) is 13.7. The highest BCUT2D eigenvalue weighted by Gasteiger charge is 2.38. The zero-order valence-electron chi connectivity index (χ0n) is 12.2. The molecule has 1 aliphatic heterocycles. The zero-order chi connectivity index (χ0) is 17.0. The number of halogens is 2. The van der Waals surface area contributed by atoms with Crippen LogP contribution in [0.15, 0.2) is 18.2 Å². The highest BCUT2D eigenvalue weighted by molar-refractivity contribution is 6.36. The fourth-order valence-electron chi connectivity index (χ4n) is 2.43. The SMILES string of the molecule is O=C(O)CCCNC(=O)C1CCN(c2cc(Cl)ccc2Cl)C1=O. The number of benzene rings is 1. The van der Waals surface area contributed by atoms with E-state index in [1.54, 1.807) is 18.2 Å². The molecule has 1 aromatic rings. The molecule has 8 heteroatoms. The van der Waals surface area contributed by atoms with Gasteiger partial charge >= 0.3 is 5.97 Å². The molecule has 0 spiro atoms. The predicted molar refractivity (Wildman–Crippen MR) is 86.8 cm³/mol. The van der Waals surface area contributed by atoms with Crippen LogP contribution in [0.25, 0.3) is 0 Å². The Labute approximate surface area is 143 Å². The lowest BCUT2D eigenvalue weighted by atomic mass is 10.1. The van der Waals surface area contributed by atoms with Crippen LogP contribution in [0.5, 0.6) is 0 Å². The highest BCUT2D eigenvalue weighted by atomic mass is 35.5. The Morgan fingerprint density at radius 2 is 2.09 bits per heavy atom. The molecule has 2 rings (SSSR count). The van der Waals surface area contributed by atoms with Crippen molar-refractivity contribution in [3.05, 3.63) is 28.2 Å². The van der Waals surface area contributed by atoms with Gasteiger partial charge in [0.25, 0.3) is 0 Å². The predicted octanol–water partition coefficient (Wildman–Crippen LogP) is 2.33. The summed E-state index contributed by atoms with van der Waals surface area (Å²) in [5.41, 5.74) is 0.491. The van der Waals surface area contributed by atoms with Crippen LogP contribution in [0.3, 0.4) is 0 Å². The van der Waals surface area contributed by atoms with E-state index in [-0.39, 0.29) is 24.8 Å². The van der Waals surface area contributed by atoms with Gasteiger partial charge in [0, 0.05) is 24.5 Å². The van der Waals surface area contributed by atoms with Gasteiger partial charge in [-0.1, -0.05) is 23.2 Å². The lowest BCUT2D eigenvalue weighted by Gasteiger charge is -2.18. The van der Waals surface area contributed by atoms with E-state index in [1.165, 1.54) is 4.90 Å². The molecular weight excluding hydrogens is 343 g/mol. The van der Waals surface area contributed by atoms with Gasteiger partial charge < -0.3 is 15.3 Å². The molecule has 0 bridgehead atoms. The molecule has 0 aliphatic carbocycles. The van der Waals surface area contributed by atoms with Crippen molar-refractivity contribution in [1.82, 2.24) is 5.32 Å². The van der Waals surface area contributed by atoms with Crippen LogP contribution in [0, 0.1) is 5.92 Å². The Balaban J connectivity index is 1.97. The van der Waals surface area contributed by atoms with Gasteiger partial charge in [-0.2, -0.15) is 0 Å². The molecular formula is C15H16Cl2N2O4. The van der Waals surface area contributed by atoms with E-state index in [0.29, 0.717) is 35.1 Å². The van der Waals surface area contributed by atoms with Gasteiger partial charge in [0.15, 0.2) is 0 Å². The third kappa shape index (κ3) is 4.36. The minimum atomic E-state index is -0.919. The molecule has 1 fully saturated rings. The maximum absolute atomic E-state index is 12.4. The average Bonchev–Trinajstić information content (AvgIpc) is 2.87. The first-order chi connectivity index (χ1) is 10.9. The summed E-state index contributed by atoms with van der Waals surface area (Å²) in [5.74, 6) is -2.42. The van der Waals surface area contributed by atoms with Crippen LogP contribution in [0.2, 0.25) is 10.0 Å². The van der Waals surface area contributed by atoms with Gasteiger partial charge in [-0.3, -0.25) is 14.4 Å². The number of carbonyl (C=O) groups is 3. The summed E-state index contributed by atoms with van der Waals surface area (Å²) in [7, 11) is 0. The van der Waals surface area contributed by atoms with Gasteiger partial charge in [-0.05, 0) is 31.0 Å². The molecule has 0 aromatic heterocycles. The van der Waals surface area contributed by atoms with Gasteiger partial charge in [-0.15, -0.1) is 0 Å². The van der Waals surface area contributed by atoms with Crippen molar-refractivity contribution in [1.29, 1.82) is 0 Å². The minimum absolute atomic E-state index is 0.0247. The number of carbonyl (C=O) groups excluding carboxylic acids is 2. The molecule has 1 aliphatic rings. The molecule has 1 unspecified atom stereocenters. The normalized spacial score (nSPS) is 17.4. The van der Waals surface area contributed by atoms with Crippen molar-refractivity contribution in [2.24, 2.45) is 5.92 Å². The lowest BCUT2D eigenvalue weighted by molar-refractivity contribution is -0.137. The fourth-order valence-corrected chi connectivity index (χ4v) is 2.82. The number of carboxylic acid groups (broad SMARTS) is 1. The van der Waals surface area contributed by atoms with E-state index in [4.69, 9.17) is 28.3 Å². The molecule has 6 nitrogen and oxygen atoms in total. The van der Waals surface area contributed by atoms with E-state index in [9.17, 15) is 14.4 Å². The topological polar surface area (TPSA) is 86.7 Å². The number of nitrogens with zero attached hydrogens (tertiary/aromatic N) is 1. The average molecular weight is 359 g/mol. The molecule has 1 saturated heterocycles. The maximum Gasteiger partial charge on any atom is 0.303 e. The van der Waals surface area contributed by atoms with Crippen molar-refractivity contribution < 1.29 is 19.5 Å². The Bertz CT molecular complexity index is 636. The Morgan fingerprint density at radius 3 is 2.78 bits per heavy atom. The Morgan fingerprint density at radius 1 is 1.35 bits per heavy atom. The lowest BCUT2D eigenvalue weighted by Crippen LogP contribution is -2.37. The summed E-state index contributed by atoms with van der Waals surface area (Å²) in [6, 6.07) is 4.82. The van der Waals surface area contributed by atoms with Gasteiger partial charge in [-0.25, -0.2) is 0 Å². The van der Waals surface area contributed by atoms with Crippen molar-refractivity contribution in [2.75, 3.05) is 18.0 Å². The van der Waals surface area contributed by atoms with Gasteiger partial charge in [0.05, 0.1) is 10.7 Å². The van der Waals surface area contributed by atoms with E-state index in [1.807, 2.05) is 0 Å². The molecule has 2 N–H and O–H groups in total. The molecule has 1 heterocycles. The quantitative estimate of drug-likeness (QED) is 0.603. The largest absolute Gasteiger partial charge is 0.481 e. The number of amides is 2. The van der Waals surface area contributed by atoms with E-state index in [2.05, 4.69) is 5.32 Å². The summed E-state index contributed by atoms with van der Waals surface area (Å²) in [6.45, 7) is 0.610. The Kier molecular flexibility index (Phi) is 5.85. The summed E-state index contributed by atoms with van der Waals surface area (Å²) in [6.07, 6.45) is 0.682. The second-order valence-corrected chi connectivity index (χ2v) is 6.06. The summed E-state index contributed by atoms with van der Waals surface area (Å²) < 4.78 is 0. The smallest absolute Gasteiger partial charge is 0.303 e. The second kappa shape index (κ2) is 7.66. The summed E-state index contributed by atoms with van der Waals surface area (Å²) in [4.78, 5) is 36.4. The van der Waals surface area contributed by atoms with Gasteiger partial charge in [0.1, 0.15) is 5.92 Å². The van der Waals surface area contributed by atoms with Crippen LogP contribution in [-0.4, -0.2) is 36.0 Å². The van der Waals surface area contributed by atoms with Crippen molar-refractivity contribution in [2.45, 2.75) is 19.3 Å². The number of hydrogen-bond acceptors (Lipinski definition) is 3. The number of aliphatic carboxylic acids is 1. The van der Waals surface area contributed by atoms with E-state index < -0.39 is 11.9 Å². The molecule has 124 valence electrons. The van der Waals surface area contributed by atoms with Crippen molar-refractivity contribution in [3.8, 4) is 0 Å². The summed E-state index contributed by atoms with van der Waals surface area (Å²) >= 11 is 12.0. The first-order valence-electron chi connectivity index (χ1n) is 7.16. The maximum atomic E-state index is 12.4. The molecule has 23 heavy (non-hydrogen) atoms. The summed E-state index contributed by atoms with van der Waals surface area (Å²) in [5, 5.41) is 12.0. The highest BCUT2D eigenvalue weighted by Crippen LogP contribution is 2.33. The van der Waals surface area contributed by atoms with E-state index >= 15 is 0 Å². The van der Waals surface area contributed by atoms with Crippen molar-refractivity contribution >= 4 is 46.7 Å². The third-order valence-corrected chi connectivity index (χ3v) is 4.14. The molecule has 1 aromatic carbocycles. The Hall–Kier alpha value is -1.79. The molecule has 2 amide bonds. The monoisotopic (exact) mass is 358 g/mol. The molecule has 0 radical (unpaired) electrons. The fraction of sp³-hybridized carbons (Fsp3) is 0.400. The van der Waals surface area contributed by atoms with Crippen LogP contribution >= 0.6 is 23.2 Å². The number of hydrogen-bond donors (Lipinski definition) is 2. The third-order valence-electron chi connectivity index (χ3n) is 3.59. The number of rotatable bonds is 6. The van der Waals surface area contributed by atoms with Crippen LogP contribution in [0.1, 0.15) is 19.3 Å². The first kappa shape index (κ1) is 17.6. The van der Waals surface area contributed by atoms with Crippen LogP contribution < -0.4 is 10.2 Å². The minimum Gasteiger partial charge on any atom is -0.481 e. The number of carboxylic acids is 1. The second-order valence-electron chi connectivity index (χ2n) is 5.22. The van der Waals surface area contributed by atoms with Crippen molar-refractivity contribution in [3.63, 3.8) is 0 Å². The number of nitrogens with one attached hydrogen (secondary N) is 1. The van der Waals surface area contributed by atoms with E-state index in [0.717, 1.165) is 0 Å². The standard InChI is InChI=1S/C15H16Cl2N2O4/c16-9-3-4-11(17)12(8-9)19-7-5-10(15(19)23)14(22)18-6-1-2-13(20)21/h3-4,8,10H,1-2,5-7H2,(H,18,22)(H,20,21).